The summed E-state index contributed by atoms with van der Waals surface area (Å²) < 4.78 is 0. The lowest BCUT2D eigenvalue weighted by atomic mass is 9.94. The molecule has 0 bridgehead atoms. The number of hydrogen-bond acceptors (Lipinski definition) is 3. The van der Waals surface area contributed by atoms with Crippen LogP contribution in [-0.4, -0.2) is 16.0 Å². The number of aromatic hydroxyl groups is 1. The van der Waals surface area contributed by atoms with Crippen molar-refractivity contribution in [3.63, 3.8) is 0 Å². The number of anilines is 1. The van der Waals surface area contributed by atoms with Gasteiger partial charge < -0.3 is 10.4 Å². The highest BCUT2D eigenvalue weighted by atomic mass is 16.3. The Hall–Kier alpha value is -1.84. The van der Waals surface area contributed by atoms with Crippen molar-refractivity contribution in [3.05, 3.63) is 30.5 Å². The molecule has 4 heteroatoms. The third-order valence-corrected chi connectivity index (χ3v) is 2.67. The monoisotopic (exact) mass is 218 g/mol. The number of pyridine rings is 1. The van der Waals surface area contributed by atoms with E-state index in [2.05, 4.69) is 16.4 Å². The summed E-state index contributed by atoms with van der Waals surface area (Å²) in [6.07, 6.45) is 8.20. The van der Waals surface area contributed by atoms with Gasteiger partial charge in [-0.2, -0.15) is 0 Å². The van der Waals surface area contributed by atoms with Crippen molar-refractivity contribution < 1.29 is 9.90 Å². The Balaban J connectivity index is 2.02. The predicted octanol–water partition coefficient (Wildman–Crippen LogP) is 2.08. The normalized spacial score (nSPS) is 19.4. The third-order valence-electron chi connectivity index (χ3n) is 2.67. The molecular weight excluding hydrogens is 204 g/mol. The second-order valence-corrected chi connectivity index (χ2v) is 3.84. The molecule has 2 N–H and O–H groups in total. The predicted molar refractivity (Wildman–Crippen MR) is 61.0 cm³/mol. The molecule has 1 aliphatic rings. The van der Waals surface area contributed by atoms with E-state index in [4.69, 9.17) is 0 Å². The first-order valence-electron chi connectivity index (χ1n) is 5.37. The highest BCUT2D eigenvalue weighted by Crippen LogP contribution is 2.23. The molecular formula is C12H14N2O2. The summed E-state index contributed by atoms with van der Waals surface area (Å²) in [5.74, 6) is 0.161. The number of carbonyl (C=O) groups is 1. The molecule has 1 aromatic heterocycles. The number of nitrogens with zero attached hydrogens (tertiary/aromatic N) is 1. The molecule has 1 atom stereocenters. The van der Waals surface area contributed by atoms with Crippen LogP contribution in [0.2, 0.25) is 0 Å². The van der Waals surface area contributed by atoms with E-state index in [9.17, 15) is 9.90 Å². The molecule has 0 spiro atoms. The fourth-order valence-electron chi connectivity index (χ4n) is 1.74. The molecule has 0 unspecified atom stereocenters. The molecule has 0 aliphatic heterocycles. The number of aromatic nitrogens is 1. The summed E-state index contributed by atoms with van der Waals surface area (Å²) >= 11 is 0. The Labute approximate surface area is 94.0 Å². The van der Waals surface area contributed by atoms with Crippen LogP contribution in [0.25, 0.3) is 0 Å². The van der Waals surface area contributed by atoms with Crippen LogP contribution < -0.4 is 5.32 Å². The standard InChI is InChI=1S/C12H14N2O2/c15-10-7-4-8-13-11(10)14-12(16)9-5-2-1-3-6-9/h1-2,4,7-9,15H,3,5-6H2,(H,13,14,16)/t9-/m1/s1. The van der Waals surface area contributed by atoms with E-state index in [0.717, 1.165) is 19.3 Å². The second kappa shape index (κ2) is 4.79. The molecule has 4 nitrogen and oxygen atoms in total. The quantitative estimate of drug-likeness (QED) is 0.747. The average molecular weight is 218 g/mol. The van der Waals surface area contributed by atoms with Crippen LogP contribution in [0.1, 0.15) is 19.3 Å². The summed E-state index contributed by atoms with van der Waals surface area (Å²) in [4.78, 5) is 15.7. The van der Waals surface area contributed by atoms with Crippen molar-refractivity contribution in [2.24, 2.45) is 5.92 Å². The van der Waals surface area contributed by atoms with Gasteiger partial charge in [-0.15, -0.1) is 0 Å². The maximum atomic E-state index is 11.8. The zero-order chi connectivity index (χ0) is 11.4. The van der Waals surface area contributed by atoms with E-state index in [1.165, 1.54) is 12.3 Å². The lowest BCUT2D eigenvalue weighted by Gasteiger charge is -2.17. The molecule has 16 heavy (non-hydrogen) atoms. The third kappa shape index (κ3) is 2.39. The number of rotatable bonds is 2. The van der Waals surface area contributed by atoms with Gasteiger partial charge in [0.05, 0.1) is 0 Å². The van der Waals surface area contributed by atoms with E-state index in [1.807, 2.05) is 6.08 Å². The number of carbonyl (C=O) groups excluding carboxylic acids is 1. The maximum absolute atomic E-state index is 11.8. The van der Waals surface area contributed by atoms with Crippen LogP contribution >= 0.6 is 0 Å². The summed E-state index contributed by atoms with van der Waals surface area (Å²) in [5, 5.41) is 12.1. The van der Waals surface area contributed by atoms with Gasteiger partial charge in [0.25, 0.3) is 0 Å². The van der Waals surface area contributed by atoms with Crippen LogP contribution in [0.4, 0.5) is 5.82 Å². The minimum absolute atomic E-state index is 0.00204. The summed E-state index contributed by atoms with van der Waals surface area (Å²) in [5.41, 5.74) is 0. The Morgan fingerprint density at radius 1 is 1.50 bits per heavy atom. The molecule has 0 saturated carbocycles. The van der Waals surface area contributed by atoms with Gasteiger partial charge in [0.1, 0.15) is 0 Å². The van der Waals surface area contributed by atoms with Crippen molar-refractivity contribution in [1.29, 1.82) is 0 Å². The van der Waals surface area contributed by atoms with Crippen LogP contribution in [-0.2, 0) is 4.79 Å². The van der Waals surface area contributed by atoms with Gasteiger partial charge in [0.2, 0.25) is 5.91 Å². The second-order valence-electron chi connectivity index (χ2n) is 3.84. The Morgan fingerprint density at radius 2 is 2.38 bits per heavy atom. The van der Waals surface area contributed by atoms with Crippen LogP contribution in [0, 0.1) is 5.92 Å². The minimum Gasteiger partial charge on any atom is -0.504 e. The fraction of sp³-hybridized carbons (Fsp3) is 0.333. The molecule has 0 fully saturated rings. The first-order valence-corrected chi connectivity index (χ1v) is 5.37. The summed E-state index contributed by atoms with van der Waals surface area (Å²) in [6.45, 7) is 0. The average Bonchev–Trinajstić information content (AvgIpc) is 2.33. The largest absolute Gasteiger partial charge is 0.504 e. The molecule has 1 aliphatic carbocycles. The fourth-order valence-corrected chi connectivity index (χ4v) is 1.74. The van der Waals surface area contributed by atoms with Crippen LogP contribution in [0.5, 0.6) is 5.75 Å². The van der Waals surface area contributed by atoms with Gasteiger partial charge in [-0.25, -0.2) is 4.98 Å². The van der Waals surface area contributed by atoms with E-state index in [-0.39, 0.29) is 23.4 Å². The summed E-state index contributed by atoms with van der Waals surface area (Å²) in [7, 11) is 0. The molecule has 1 aromatic rings. The molecule has 0 saturated heterocycles. The van der Waals surface area contributed by atoms with Gasteiger partial charge in [0, 0.05) is 12.1 Å². The first kappa shape index (κ1) is 10.7. The van der Waals surface area contributed by atoms with Crippen molar-refractivity contribution in [1.82, 2.24) is 4.98 Å². The van der Waals surface area contributed by atoms with Crippen molar-refractivity contribution in [2.75, 3.05) is 5.32 Å². The zero-order valence-electron chi connectivity index (χ0n) is 8.89. The molecule has 1 amide bonds. The van der Waals surface area contributed by atoms with Crippen molar-refractivity contribution in [2.45, 2.75) is 19.3 Å². The van der Waals surface area contributed by atoms with Gasteiger partial charge in [0.15, 0.2) is 11.6 Å². The molecule has 2 rings (SSSR count). The summed E-state index contributed by atoms with van der Waals surface area (Å²) in [6, 6.07) is 3.12. The molecule has 0 radical (unpaired) electrons. The Bertz CT molecular complexity index is 415. The van der Waals surface area contributed by atoms with E-state index < -0.39 is 0 Å². The number of allylic oxidation sites excluding steroid dienone is 2. The highest BCUT2D eigenvalue weighted by molar-refractivity contribution is 5.92. The highest BCUT2D eigenvalue weighted by Gasteiger charge is 2.19. The van der Waals surface area contributed by atoms with Gasteiger partial charge >= 0.3 is 0 Å². The van der Waals surface area contributed by atoms with Gasteiger partial charge in [-0.1, -0.05) is 12.2 Å². The lowest BCUT2D eigenvalue weighted by Crippen LogP contribution is -2.23. The van der Waals surface area contributed by atoms with Crippen LogP contribution in [0.15, 0.2) is 30.5 Å². The van der Waals surface area contributed by atoms with Crippen molar-refractivity contribution >= 4 is 11.7 Å². The molecule has 0 aromatic carbocycles. The number of hydrogen-bond donors (Lipinski definition) is 2. The minimum atomic E-state index is -0.0710. The van der Waals surface area contributed by atoms with Gasteiger partial charge in [-0.05, 0) is 31.4 Å². The zero-order valence-corrected chi connectivity index (χ0v) is 8.89. The topological polar surface area (TPSA) is 62.2 Å². The maximum Gasteiger partial charge on any atom is 0.229 e. The Kier molecular flexibility index (Phi) is 3.19. The van der Waals surface area contributed by atoms with E-state index in [0.29, 0.717) is 0 Å². The SMILES string of the molecule is O=C(Nc1ncccc1O)[C@@H]1CC=CCC1. The van der Waals surface area contributed by atoms with E-state index in [1.54, 1.807) is 6.07 Å². The van der Waals surface area contributed by atoms with Crippen LogP contribution in [0.3, 0.4) is 0 Å². The van der Waals surface area contributed by atoms with E-state index >= 15 is 0 Å². The smallest absolute Gasteiger partial charge is 0.229 e. The molecule has 1 heterocycles. The lowest BCUT2D eigenvalue weighted by molar-refractivity contribution is -0.120. The first-order chi connectivity index (χ1) is 7.77. The molecule has 84 valence electrons. The van der Waals surface area contributed by atoms with Crippen molar-refractivity contribution in [3.8, 4) is 5.75 Å². The Morgan fingerprint density at radius 3 is 3.06 bits per heavy atom. The number of amides is 1. The van der Waals surface area contributed by atoms with Gasteiger partial charge in [-0.3, -0.25) is 4.79 Å². The number of nitrogens with one attached hydrogen (secondary N) is 1.